The fraction of sp³-hybridized carbons (Fsp3) is 0.300. The summed E-state index contributed by atoms with van der Waals surface area (Å²) in [6.45, 7) is 3.47. The van der Waals surface area contributed by atoms with Crippen LogP contribution in [0.3, 0.4) is 0 Å². The molecule has 0 fully saturated rings. The van der Waals surface area contributed by atoms with Gasteiger partial charge in [0.05, 0.1) is 0 Å². The van der Waals surface area contributed by atoms with E-state index in [0.29, 0.717) is 10.8 Å². The van der Waals surface area contributed by atoms with Crippen molar-refractivity contribution < 1.29 is 9.53 Å². The highest BCUT2D eigenvalue weighted by atomic mass is 35.5. The van der Waals surface area contributed by atoms with Gasteiger partial charge in [-0.2, -0.15) is 0 Å². The summed E-state index contributed by atoms with van der Waals surface area (Å²) in [6.07, 6.45) is -0.629. The predicted octanol–water partition coefficient (Wildman–Crippen LogP) is 1.90. The van der Waals surface area contributed by atoms with Crippen LogP contribution in [-0.4, -0.2) is 12.0 Å². The Morgan fingerprint density at radius 2 is 2.21 bits per heavy atom. The monoisotopic (exact) mass is 213 g/mol. The maximum Gasteiger partial charge on any atom is 0.258 e. The zero-order valence-corrected chi connectivity index (χ0v) is 8.84. The van der Waals surface area contributed by atoms with Gasteiger partial charge in [0.25, 0.3) is 5.91 Å². The molecule has 0 aliphatic heterocycles. The van der Waals surface area contributed by atoms with Gasteiger partial charge in [0.2, 0.25) is 0 Å². The summed E-state index contributed by atoms with van der Waals surface area (Å²) in [5.74, 6) is 0.107. The van der Waals surface area contributed by atoms with Crippen molar-refractivity contribution >= 4 is 17.5 Å². The van der Waals surface area contributed by atoms with E-state index < -0.39 is 12.0 Å². The highest BCUT2D eigenvalue weighted by Crippen LogP contribution is 2.21. The fourth-order valence-corrected chi connectivity index (χ4v) is 1.07. The van der Waals surface area contributed by atoms with Crippen LogP contribution in [0.25, 0.3) is 0 Å². The van der Waals surface area contributed by atoms with Crippen LogP contribution < -0.4 is 10.5 Å². The summed E-state index contributed by atoms with van der Waals surface area (Å²) in [7, 11) is 0. The van der Waals surface area contributed by atoms with Crippen LogP contribution in [0.2, 0.25) is 5.02 Å². The number of ether oxygens (including phenoxy) is 1. The normalized spacial score (nSPS) is 12.2. The van der Waals surface area contributed by atoms with Gasteiger partial charge in [0.1, 0.15) is 5.75 Å². The quantitative estimate of drug-likeness (QED) is 0.834. The predicted molar refractivity (Wildman–Crippen MR) is 55.5 cm³/mol. The van der Waals surface area contributed by atoms with Crippen LogP contribution >= 0.6 is 11.6 Å². The van der Waals surface area contributed by atoms with E-state index >= 15 is 0 Å². The van der Waals surface area contributed by atoms with Crippen molar-refractivity contribution in [2.24, 2.45) is 5.73 Å². The van der Waals surface area contributed by atoms with E-state index in [1.807, 2.05) is 6.92 Å². The van der Waals surface area contributed by atoms with Crippen LogP contribution in [0.5, 0.6) is 5.75 Å². The second kappa shape index (κ2) is 4.33. The molecule has 0 aliphatic carbocycles. The number of nitrogens with two attached hydrogens (primary N) is 1. The number of carbonyl (C=O) groups excluding carboxylic acids is 1. The Balaban J connectivity index is 2.78. The third-order valence-corrected chi connectivity index (χ3v) is 2.27. The van der Waals surface area contributed by atoms with Crippen molar-refractivity contribution in [3.05, 3.63) is 28.8 Å². The first-order valence-electron chi connectivity index (χ1n) is 4.23. The van der Waals surface area contributed by atoms with Crippen molar-refractivity contribution in [3.63, 3.8) is 0 Å². The molecule has 1 aromatic carbocycles. The molecular formula is C10H12ClNO2. The summed E-state index contributed by atoms with van der Waals surface area (Å²) >= 11 is 5.83. The van der Waals surface area contributed by atoms with Gasteiger partial charge in [-0.25, -0.2) is 0 Å². The van der Waals surface area contributed by atoms with Crippen LogP contribution in [0.1, 0.15) is 12.5 Å². The van der Waals surface area contributed by atoms with E-state index in [1.54, 1.807) is 25.1 Å². The van der Waals surface area contributed by atoms with Gasteiger partial charge in [0.15, 0.2) is 6.10 Å². The van der Waals surface area contributed by atoms with E-state index in [-0.39, 0.29) is 0 Å². The average molecular weight is 214 g/mol. The minimum absolute atomic E-state index is 0.488. The van der Waals surface area contributed by atoms with Crippen LogP contribution in [0.4, 0.5) is 0 Å². The van der Waals surface area contributed by atoms with Crippen molar-refractivity contribution in [1.29, 1.82) is 0 Å². The molecule has 0 heterocycles. The summed E-state index contributed by atoms with van der Waals surface area (Å²) in [4.78, 5) is 10.7. The zero-order chi connectivity index (χ0) is 10.7. The number of rotatable bonds is 3. The Morgan fingerprint density at radius 1 is 1.57 bits per heavy atom. The Kier molecular flexibility index (Phi) is 3.36. The van der Waals surface area contributed by atoms with Crippen molar-refractivity contribution in [3.8, 4) is 5.75 Å². The molecule has 0 saturated carbocycles. The van der Waals surface area contributed by atoms with Crippen molar-refractivity contribution in [2.45, 2.75) is 20.0 Å². The maximum atomic E-state index is 10.7. The Bertz CT molecular complexity index is 352. The molecule has 4 heteroatoms. The van der Waals surface area contributed by atoms with Crippen LogP contribution in [0.15, 0.2) is 18.2 Å². The molecule has 0 aromatic heterocycles. The summed E-state index contributed by atoms with van der Waals surface area (Å²) in [5.41, 5.74) is 5.97. The smallest absolute Gasteiger partial charge is 0.258 e. The molecule has 14 heavy (non-hydrogen) atoms. The summed E-state index contributed by atoms with van der Waals surface area (Å²) in [5, 5.41) is 0.670. The lowest BCUT2D eigenvalue weighted by atomic mass is 10.2. The van der Waals surface area contributed by atoms with E-state index in [4.69, 9.17) is 22.1 Å². The molecule has 3 nitrogen and oxygen atoms in total. The number of primary amides is 1. The summed E-state index contributed by atoms with van der Waals surface area (Å²) in [6, 6.07) is 5.19. The van der Waals surface area contributed by atoms with E-state index in [0.717, 1.165) is 5.56 Å². The fourth-order valence-electron chi connectivity index (χ4n) is 0.953. The molecule has 0 radical (unpaired) electrons. The second-order valence-electron chi connectivity index (χ2n) is 3.07. The Hall–Kier alpha value is -1.22. The van der Waals surface area contributed by atoms with E-state index in [1.165, 1.54) is 0 Å². The number of aryl methyl sites for hydroxylation is 1. The Labute approximate surface area is 87.8 Å². The van der Waals surface area contributed by atoms with Gasteiger partial charge in [-0.05, 0) is 37.6 Å². The third-order valence-electron chi connectivity index (χ3n) is 1.84. The molecule has 1 atom stereocenters. The SMILES string of the molecule is Cc1cc(OC(C)C(N)=O)ccc1Cl. The summed E-state index contributed by atoms with van der Waals surface area (Å²) < 4.78 is 5.28. The van der Waals surface area contributed by atoms with E-state index in [2.05, 4.69) is 0 Å². The lowest BCUT2D eigenvalue weighted by Gasteiger charge is -2.11. The van der Waals surface area contributed by atoms with Gasteiger partial charge >= 0.3 is 0 Å². The number of hydrogen-bond acceptors (Lipinski definition) is 2. The van der Waals surface area contributed by atoms with Gasteiger partial charge in [0, 0.05) is 5.02 Å². The van der Waals surface area contributed by atoms with Crippen molar-refractivity contribution in [2.75, 3.05) is 0 Å². The maximum absolute atomic E-state index is 10.7. The first-order valence-corrected chi connectivity index (χ1v) is 4.60. The van der Waals surface area contributed by atoms with E-state index in [9.17, 15) is 4.79 Å². The minimum Gasteiger partial charge on any atom is -0.481 e. The number of halogens is 1. The third kappa shape index (κ3) is 2.64. The molecule has 0 bridgehead atoms. The minimum atomic E-state index is -0.629. The number of carbonyl (C=O) groups is 1. The first-order chi connectivity index (χ1) is 6.50. The standard InChI is InChI=1S/C10H12ClNO2/c1-6-5-8(3-4-9(6)11)14-7(2)10(12)13/h3-5,7H,1-2H3,(H2,12,13). The molecule has 1 rings (SSSR count). The molecule has 0 aliphatic rings. The lowest BCUT2D eigenvalue weighted by molar-refractivity contribution is -0.123. The molecular weight excluding hydrogens is 202 g/mol. The molecule has 1 amide bonds. The van der Waals surface area contributed by atoms with Crippen molar-refractivity contribution in [1.82, 2.24) is 0 Å². The second-order valence-corrected chi connectivity index (χ2v) is 3.48. The van der Waals surface area contributed by atoms with Gasteiger partial charge < -0.3 is 10.5 Å². The average Bonchev–Trinajstić information content (AvgIpc) is 2.11. The number of hydrogen-bond donors (Lipinski definition) is 1. The molecule has 76 valence electrons. The highest BCUT2D eigenvalue weighted by Gasteiger charge is 2.10. The Morgan fingerprint density at radius 3 is 2.71 bits per heavy atom. The van der Waals surface area contributed by atoms with Gasteiger partial charge in [-0.3, -0.25) is 4.79 Å². The van der Waals surface area contributed by atoms with Crippen LogP contribution in [-0.2, 0) is 4.79 Å². The first kappa shape index (κ1) is 10.9. The highest BCUT2D eigenvalue weighted by molar-refractivity contribution is 6.31. The van der Waals surface area contributed by atoms with Crippen LogP contribution in [0, 0.1) is 6.92 Å². The molecule has 2 N–H and O–H groups in total. The van der Waals surface area contributed by atoms with Gasteiger partial charge in [-0.1, -0.05) is 11.6 Å². The molecule has 0 spiro atoms. The molecule has 1 aromatic rings. The van der Waals surface area contributed by atoms with Gasteiger partial charge in [-0.15, -0.1) is 0 Å². The largest absolute Gasteiger partial charge is 0.481 e. The number of benzene rings is 1. The molecule has 1 unspecified atom stereocenters. The topological polar surface area (TPSA) is 52.3 Å². The lowest BCUT2D eigenvalue weighted by Crippen LogP contribution is -2.30. The zero-order valence-electron chi connectivity index (χ0n) is 8.08. The number of amides is 1. The molecule has 0 saturated heterocycles.